The predicted octanol–water partition coefficient (Wildman–Crippen LogP) is -1.68. The first-order chi connectivity index (χ1) is 12.6. The first kappa shape index (κ1) is 20.6. The number of nitrogens with zero attached hydrogens (tertiary/aromatic N) is 4. The number of carbonyl (C=O) groups excluding carboxylic acids is 1. The molecule has 2 rings (SSSR count). The summed E-state index contributed by atoms with van der Waals surface area (Å²) in [6.07, 6.45) is -4.03. The number of aromatic nitrogens is 2. The number of hydrogen-bond donors (Lipinski definition) is 4. The Morgan fingerprint density at radius 3 is 2.78 bits per heavy atom. The Balaban J connectivity index is 2.31. The minimum absolute atomic E-state index is 0.236. The van der Waals surface area contributed by atoms with Crippen molar-refractivity contribution in [1.29, 1.82) is 0 Å². The molecule has 27 heavy (non-hydrogen) atoms. The van der Waals surface area contributed by atoms with Crippen molar-refractivity contribution in [3.05, 3.63) is 43.5 Å². The lowest BCUT2D eigenvalue weighted by molar-refractivity contribution is -0.167. The summed E-state index contributed by atoms with van der Waals surface area (Å²) in [7, 11) is 0. The van der Waals surface area contributed by atoms with Gasteiger partial charge in [0.05, 0.1) is 0 Å². The maximum atomic E-state index is 11.9. The topological polar surface area (TPSA) is 206 Å². The quantitative estimate of drug-likeness (QED) is 0.192. The van der Waals surface area contributed by atoms with Crippen molar-refractivity contribution in [3.8, 4) is 0 Å². The molecule has 5 atom stereocenters. The molecule has 2 heterocycles. The maximum Gasteiger partial charge on any atom is 0.330 e. The molecule has 0 aliphatic carbocycles. The van der Waals surface area contributed by atoms with Gasteiger partial charge in [0.15, 0.2) is 6.23 Å². The molecule has 0 unspecified atom stereocenters. The van der Waals surface area contributed by atoms with Crippen LogP contribution in [0.2, 0.25) is 0 Å². The Bertz CT molecular complexity index is 860. The van der Waals surface area contributed by atoms with E-state index in [0.717, 1.165) is 16.8 Å². The number of rotatable bonds is 6. The van der Waals surface area contributed by atoms with Gasteiger partial charge in [0.25, 0.3) is 5.56 Å². The third kappa shape index (κ3) is 4.02. The number of hydrogen-bond acceptors (Lipinski definition) is 9. The molecule has 1 fully saturated rings. The Morgan fingerprint density at radius 1 is 1.56 bits per heavy atom. The van der Waals surface area contributed by atoms with E-state index >= 15 is 0 Å². The van der Waals surface area contributed by atoms with Gasteiger partial charge in [-0.25, -0.2) is 4.79 Å². The highest BCUT2D eigenvalue weighted by Gasteiger charge is 2.56. The second kappa shape index (κ2) is 7.90. The summed E-state index contributed by atoms with van der Waals surface area (Å²) >= 11 is 0. The molecule has 1 aromatic rings. The Morgan fingerprint density at radius 2 is 2.22 bits per heavy atom. The zero-order chi connectivity index (χ0) is 20.4. The molecule has 0 spiro atoms. The lowest BCUT2D eigenvalue weighted by atomic mass is 10.0. The molecular weight excluding hydrogens is 364 g/mol. The number of aliphatic hydroxyl groups is 2. The summed E-state index contributed by atoms with van der Waals surface area (Å²) in [6.45, 7) is 2.64. The monoisotopic (exact) mass is 384 g/mol. The predicted molar refractivity (Wildman–Crippen MR) is 89.1 cm³/mol. The molecule has 13 nitrogen and oxygen atoms in total. The van der Waals surface area contributed by atoms with Crippen LogP contribution < -0.4 is 17.0 Å². The van der Waals surface area contributed by atoms with Crippen molar-refractivity contribution >= 4 is 5.97 Å². The molecule has 1 aliphatic heterocycles. The van der Waals surface area contributed by atoms with Crippen LogP contribution in [0.5, 0.6) is 0 Å². The number of carbonyl (C=O) groups is 1. The summed E-state index contributed by atoms with van der Waals surface area (Å²) in [6, 6.07) is 0.0354. The van der Waals surface area contributed by atoms with E-state index < -0.39 is 54.0 Å². The highest BCUT2D eigenvalue weighted by molar-refractivity contribution is 5.75. The highest BCUT2D eigenvalue weighted by Crippen LogP contribution is 2.38. The van der Waals surface area contributed by atoms with E-state index in [1.54, 1.807) is 13.8 Å². The van der Waals surface area contributed by atoms with Gasteiger partial charge in [-0.2, -0.15) is 0 Å². The molecule has 0 amide bonds. The standard InChI is InChI=1S/C14H20N6O7/c1-6(2)8(15)12(24)26-5-14(18-19-16)10(23)9(22)11(27-14)20-4-3-7(21)17-13(20)25/h3-4,6,8-11,22-23H,5,15H2,1-2H3,(H,17,21,25)/t8-,9-,10+,11-,14-/m1/s1. The largest absolute Gasteiger partial charge is 0.461 e. The third-order valence-corrected chi connectivity index (χ3v) is 4.15. The molecule has 0 radical (unpaired) electrons. The lowest BCUT2D eigenvalue weighted by Crippen LogP contribution is -2.47. The minimum Gasteiger partial charge on any atom is -0.461 e. The third-order valence-electron chi connectivity index (χ3n) is 4.15. The fourth-order valence-corrected chi connectivity index (χ4v) is 2.47. The average molecular weight is 384 g/mol. The normalized spacial score (nSPS) is 28.6. The van der Waals surface area contributed by atoms with Gasteiger partial charge in [-0.3, -0.25) is 19.1 Å². The van der Waals surface area contributed by atoms with Crippen molar-refractivity contribution < 1.29 is 24.5 Å². The molecule has 0 saturated carbocycles. The second-order valence-electron chi connectivity index (χ2n) is 6.37. The SMILES string of the molecule is CC(C)[C@@H](N)C(=O)OC[C@@]1(N=[N+]=[N-])O[C@@H](n2ccc(=O)[nH]c2=O)[C@H](O)[C@@H]1O. The fourth-order valence-electron chi connectivity index (χ4n) is 2.47. The van der Waals surface area contributed by atoms with Crippen molar-refractivity contribution in [2.75, 3.05) is 6.61 Å². The molecule has 1 saturated heterocycles. The molecule has 0 bridgehead atoms. The van der Waals surface area contributed by atoms with Crippen LogP contribution in [0.1, 0.15) is 20.1 Å². The van der Waals surface area contributed by atoms with E-state index in [1.807, 2.05) is 4.98 Å². The smallest absolute Gasteiger partial charge is 0.330 e. The summed E-state index contributed by atoms with van der Waals surface area (Å²) < 4.78 is 11.2. The van der Waals surface area contributed by atoms with Crippen molar-refractivity contribution in [2.24, 2.45) is 16.8 Å². The molecule has 1 aliphatic rings. The van der Waals surface area contributed by atoms with E-state index in [-0.39, 0.29) is 5.92 Å². The fraction of sp³-hybridized carbons (Fsp3) is 0.643. The van der Waals surface area contributed by atoms with Crippen molar-refractivity contribution in [3.63, 3.8) is 0 Å². The van der Waals surface area contributed by atoms with Crippen molar-refractivity contribution in [1.82, 2.24) is 9.55 Å². The minimum atomic E-state index is -2.19. The van der Waals surface area contributed by atoms with Gasteiger partial charge in [-0.15, -0.1) is 0 Å². The number of nitrogens with one attached hydrogen (secondary N) is 1. The van der Waals surface area contributed by atoms with Gasteiger partial charge in [0.1, 0.15) is 24.9 Å². The van der Waals surface area contributed by atoms with Crippen LogP contribution in [0.3, 0.4) is 0 Å². The number of esters is 1. The first-order valence-corrected chi connectivity index (χ1v) is 7.97. The van der Waals surface area contributed by atoms with E-state index in [9.17, 15) is 24.6 Å². The van der Waals surface area contributed by atoms with Crippen molar-refractivity contribution in [2.45, 2.75) is 44.1 Å². The van der Waals surface area contributed by atoms with Gasteiger partial charge < -0.3 is 25.4 Å². The summed E-state index contributed by atoms with van der Waals surface area (Å²) in [5.74, 6) is -1.06. The number of ether oxygens (including phenoxy) is 2. The lowest BCUT2D eigenvalue weighted by Gasteiger charge is -2.27. The molecule has 5 N–H and O–H groups in total. The molecule has 148 valence electrons. The molecular formula is C14H20N6O7. The van der Waals surface area contributed by atoms with E-state index in [0.29, 0.717) is 0 Å². The molecule has 1 aromatic heterocycles. The van der Waals surface area contributed by atoms with Crippen LogP contribution in [-0.4, -0.2) is 56.3 Å². The van der Waals surface area contributed by atoms with Crippen LogP contribution >= 0.6 is 0 Å². The number of aliphatic hydroxyl groups excluding tert-OH is 2. The van der Waals surface area contributed by atoms with Gasteiger partial charge in [-0.1, -0.05) is 19.0 Å². The van der Waals surface area contributed by atoms with Crippen LogP contribution in [0.15, 0.2) is 27.0 Å². The maximum absolute atomic E-state index is 11.9. The first-order valence-electron chi connectivity index (χ1n) is 7.97. The van der Waals surface area contributed by atoms with E-state index in [4.69, 9.17) is 20.7 Å². The second-order valence-corrected chi connectivity index (χ2v) is 6.37. The van der Waals surface area contributed by atoms with Crippen LogP contribution in [0.25, 0.3) is 10.4 Å². The van der Waals surface area contributed by atoms with Gasteiger partial charge in [-0.05, 0) is 11.4 Å². The van der Waals surface area contributed by atoms with Gasteiger partial charge >= 0.3 is 11.7 Å². The zero-order valence-corrected chi connectivity index (χ0v) is 14.6. The van der Waals surface area contributed by atoms with Gasteiger partial charge in [0, 0.05) is 17.2 Å². The number of nitrogens with two attached hydrogens (primary N) is 1. The Hall–Kier alpha value is -2.70. The summed E-state index contributed by atoms with van der Waals surface area (Å²) in [5, 5.41) is 23.9. The molecule has 13 heteroatoms. The Labute approximate surface area is 151 Å². The highest BCUT2D eigenvalue weighted by atomic mass is 16.6. The van der Waals surface area contributed by atoms with Crippen LogP contribution in [0.4, 0.5) is 0 Å². The van der Waals surface area contributed by atoms with E-state index in [2.05, 4.69) is 10.0 Å². The zero-order valence-electron chi connectivity index (χ0n) is 14.6. The summed E-state index contributed by atoms with van der Waals surface area (Å²) in [4.78, 5) is 39.5. The van der Waals surface area contributed by atoms with E-state index in [1.165, 1.54) is 0 Å². The van der Waals surface area contributed by atoms with Crippen LogP contribution in [-0.2, 0) is 14.3 Å². The van der Waals surface area contributed by atoms with Crippen LogP contribution in [0, 0.1) is 5.92 Å². The number of H-pyrrole nitrogens is 1. The average Bonchev–Trinajstić information content (AvgIpc) is 2.85. The summed E-state index contributed by atoms with van der Waals surface area (Å²) in [5.41, 5.74) is 10.7. The number of aromatic amines is 1. The Kier molecular flexibility index (Phi) is 6.03. The molecule has 0 aromatic carbocycles. The number of azide groups is 1. The van der Waals surface area contributed by atoms with Gasteiger partial charge in [0.2, 0.25) is 5.72 Å².